The molecule has 5 aromatic rings. The monoisotopic (exact) mass is 364 g/mol. The molecule has 0 amide bonds. The first-order chi connectivity index (χ1) is 12.6. The average molecular weight is 364 g/mol. The summed E-state index contributed by atoms with van der Waals surface area (Å²) in [6, 6.07) is 6.32. The van der Waals surface area contributed by atoms with Crippen LogP contribution in [-0.4, -0.2) is 24.7 Å². The lowest BCUT2D eigenvalue weighted by atomic mass is 10.0. The highest BCUT2D eigenvalue weighted by Crippen LogP contribution is 2.36. The third-order valence-corrected chi connectivity index (χ3v) is 5.13. The number of nitrogens with zero attached hydrogens (tertiary/aromatic N) is 4. The van der Waals surface area contributed by atoms with E-state index in [1.807, 2.05) is 0 Å². The molecule has 0 saturated heterocycles. The molecule has 0 spiro atoms. The summed E-state index contributed by atoms with van der Waals surface area (Å²) in [4.78, 5) is 18.2. The number of aromatic nitrogens is 5. The molecule has 4 heterocycles. The van der Waals surface area contributed by atoms with E-state index < -0.39 is 5.76 Å². The van der Waals surface area contributed by atoms with Crippen LogP contribution in [0.5, 0.6) is 0 Å². The summed E-state index contributed by atoms with van der Waals surface area (Å²) >= 11 is 1.69. The molecule has 0 fully saturated rings. The van der Waals surface area contributed by atoms with E-state index in [0.717, 1.165) is 22.1 Å². The van der Waals surface area contributed by atoms with Crippen molar-refractivity contribution in [2.75, 3.05) is 5.73 Å². The molecule has 26 heavy (non-hydrogen) atoms. The van der Waals surface area contributed by atoms with Crippen LogP contribution in [0.3, 0.4) is 0 Å². The minimum absolute atomic E-state index is 0.264. The van der Waals surface area contributed by atoms with Crippen LogP contribution in [0.4, 0.5) is 5.82 Å². The fraction of sp³-hybridized carbons (Fsp3) is 0.0588. The molecule has 0 aliphatic heterocycles. The zero-order chi connectivity index (χ0) is 17.8. The minimum Gasteiger partial charge on any atom is -0.383 e. The van der Waals surface area contributed by atoms with Crippen molar-refractivity contribution < 1.29 is 4.52 Å². The van der Waals surface area contributed by atoms with Crippen LogP contribution in [0.15, 0.2) is 45.3 Å². The molecule has 0 unspecified atom stereocenters. The Hall–Kier alpha value is -3.46. The van der Waals surface area contributed by atoms with Gasteiger partial charge in [0, 0.05) is 21.8 Å². The molecule has 0 radical (unpaired) electrons. The molecule has 0 atom stereocenters. The Kier molecular flexibility index (Phi) is 3.01. The standard InChI is InChI=1S/C17H12N6O2S/c1-8-4-10(9-2-3-26-13(9)5-8)11-6-19-16-12(7-20-23(16)14(11)18)15-21-17(24)25-22-15/h2-7H,18H2,1H3,(H,21,22,24). The van der Waals surface area contributed by atoms with Crippen LogP contribution in [-0.2, 0) is 0 Å². The number of fused-ring (bicyclic) bond motifs is 2. The molecule has 4 aromatic heterocycles. The van der Waals surface area contributed by atoms with Crippen molar-refractivity contribution in [3.63, 3.8) is 0 Å². The van der Waals surface area contributed by atoms with Gasteiger partial charge in [0.1, 0.15) is 5.82 Å². The summed E-state index contributed by atoms with van der Waals surface area (Å²) in [7, 11) is 0. The highest BCUT2D eigenvalue weighted by Gasteiger charge is 2.17. The number of anilines is 1. The van der Waals surface area contributed by atoms with Gasteiger partial charge in [-0.05, 0) is 35.6 Å². The number of benzene rings is 1. The van der Waals surface area contributed by atoms with Gasteiger partial charge in [0.25, 0.3) is 0 Å². The number of aromatic amines is 1. The second-order valence-electron chi connectivity index (χ2n) is 5.94. The number of thiophene rings is 1. The van der Waals surface area contributed by atoms with Crippen molar-refractivity contribution in [2.45, 2.75) is 6.92 Å². The van der Waals surface area contributed by atoms with Gasteiger partial charge < -0.3 is 5.73 Å². The summed E-state index contributed by atoms with van der Waals surface area (Å²) in [6.45, 7) is 2.05. The molecule has 128 valence electrons. The van der Waals surface area contributed by atoms with E-state index in [2.05, 4.69) is 55.2 Å². The average Bonchev–Trinajstić information content (AvgIpc) is 3.33. The van der Waals surface area contributed by atoms with Gasteiger partial charge >= 0.3 is 5.76 Å². The maximum atomic E-state index is 11.2. The van der Waals surface area contributed by atoms with E-state index in [0.29, 0.717) is 17.0 Å². The Morgan fingerprint density at radius 3 is 2.92 bits per heavy atom. The van der Waals surface area contributed by atoms with Crippen molar-refractivity contribution >= 4 is 32.9 Å². The second kappa shape index (κ2) is 5.27. The van der Waals surface area contributed by atoms with Gasteiger partial charge in [-0.3, -0.25) is 9.51 Å². The molecule has 0 saturated carbocycles. The number of hydrogen-bond donors (Lipinski definition) is 2. The maximum Gasteiger partial charge on any atom is 0.439 e. The van der Waals surface area contributed by atoms with Crippen molar-refractivity contribution in [1.82, 2.24) is 24.7 Å². The van der Waals surface area contributed by atoms with Gasteiger partial charge in [0.05, 0.1) is 11.8 Å². The molecule has 0 bridgehead atoms. The Balaban J connectivity index is 1.77. The molecule has 9 heteroatoms. The van der Waals surface area contributed by atoms with Crippen LogP contribution in [0.25, 0.3) is 38.2 Å². The quantitative estimate of drug-likeness (QED) is 0.498. The minimum atomic E-state index is -0.636. The Labute approximate surface area is 149 Å². The topological polar surface area (TPSA) is 115 Å². The smallest absolute Gasteiger partial charge is 0.383 e. The van der Waals surface area contributed by atoms with Gasteiger partial charge in [0.15, 0.2) is 11.5 Å². The molecule has 0 aliphatic rings. The molecular formula is C17H12N6O2S. The lowest BCUT2D eigenvalue weighted by molar-refractivity contribution is 0.388. The van der Waals surface area contributed by atoms with Crippen LogP contribution < -0.4 is 11.5 Å². The van der Waals surface area contributed by atoms with E-state index in [-0.39, 0.29) is 5.82 Å². The third kappa shape index (κ3) is 2.07. The predicted octanol–water partition coefficient (Wildman–Crippen LogP) is 2.84. The number of aryl methyl sites for hydroxylation is 1. The van der Waals surface area contributed by atoms with Crippen molar-refractivity contribution in [3.05, 3.63) is 52.1 Å². The van der Waals surface area contributed by atoms with Gasteiger partial charge in [-0.25, -0.2) is 9.78 Å². The van der Waals surface area contributed by atoms with Crippen molar-refractivity contribution in [3.8, 4) is 22.5 Å². The molecule has 3 N–H and O–H groups in total. The number of hydrogen-bond acceptors (Lipinski definition) is 7. The van der Waals surface area contributed by atoms with Crippen molar-refractivity contribution in [2.24, 2.45) is 0 Å². The molecule has 1 aromatic carbocycles. The summed E-state index contributed by atoms with van der Waals surface area (Å²) in [6.07, 6.45) is 3.27. The van der Waals surface area contributed by atoms with E-state index >= 15 is 0 Å². The van der Waals surface area contributed by atoms with Gasteiger partial charge in [0.2, 0.25) is 0 Å². The van der Waals surface area contributed by atoms with Crippen LogP contribution in [0.2, 0.25) is 0 Å². The third-order valence-electron chi connectivity index (χ3n) is 4.27. The molecular weight excluding hydrogens is 352 g/mol. The Morgan fingerprint density at radius 2 is 2.12 bits per heavy atom. The van der Waals surface area contributed by atoms with Crippen molar-refractivity contribution in [1.29, 1.82) is 0 Å². The van der Waals surface area contributed by atoms with Gasteiger partial charge in [-0.15, -0.1) is 11.3 Å². The first-order valence-corrected chi connectivity index (χ1v) is 8.66. The SMILES string of the molecule is Cc1cc(-c2cnc3c(-c4noc(=O)[nH]4)cnn3c2N)c2ccsc2c1. The zero-order valence-corrected chi connectivity index (χ0v) is 14.4. The first-order valence-electron chi connectivity index (χ1n) is 7.78. The fourth-order valence-electron chi connectivity index (χ4n) is 3.10. The molecule has 5 rings (SSSR count). The summed E-state index contributed by atoms with van der Waals surface area (Å²) < 4.78 is 7.29. The summed E-state index contributed by atoms with van der Waals surface area (Å²) in [5, 5.41) is 11.2. The number of nitrogen functional groups attached to an aromatic ring is 1. The highest BCUT2D eigenvalue weighted by atomic mass is 32.1. The van der Waals surface area contributed by atoms with Gasteiger partial charge in [-0.1, -0.05) is 11.2 Å². The fourth-order valence-corrected chi connectivity index (χ4v) is 4.01. The summed E-state index contributed by atoms with van der Waals surface area (Å²) in [5.74, 6) is 0.0918. The van der Waals surface area contributed by atoms with Crippen LogP contribution in [0.1, 0.15) is 5.56 Å². The summed E-state index contributed by atoms with van der Waals surface area (Å²) in [5.41, 5.74) is 10.4. The number of H-pyrrole nitrogens is 1. The normalized spacial score (nSPS) is 11.6. The number of rotatable bonds is 2. The van der Waals surface area contributed by atoms with E-state index in [4.69, 9.17) is 5.73 Å². The van der Waals surface area contributed by atoms with Crippen LogP contribution in [0, 0.1) is 6.92 Å². The lowest BCUT2D eigenvalue weighted by Crippen LogP contribution is -2.03. The lowest BCUT2D eigenvalue weighted by Gasteiger charge is -2.10. The van der Waals surface area contributed by atoms with E-state index in [1.54, 1.807) is 23.7 Å². The Morgan fingerprint density at radius 1 is 1.23 bits per heavy atom. The molecule has 8 nitrogen and oxygen atoms in total. The number of nitrogens with one attached hydrogen (secondary N) is 1. The zero-order valence-electron chi connectivity index (χ0n) is 13.6. The predicted molar refractivity (Wildman–Crippen MR) is 99.1 cm³/mol. The van der Waals surface area contributed by atoms with Crippen LogP contribution >= 0.6 is 11.3 Å². The van der Waals surface area contributed by atoms with Gasteiger partial charge in [-0.2, -0.15) is 9.61 Å². The maximum absolute atomic E-state index is 11.2. The van der Waals surface area contributed by atoms with E-state index in [9.17, 15) is 4.79 Å². The Bertz CT molecular complexity index is 1340. The highest BCUT2D eigenvalue weighted by molar-refractivity contribution is 7.17. The van der Waals surface area contributed by atoms with E-state index in [1.165, 1.54) is 9.22 Å². The first kappa shape index (κ1) is 14.8. The molecule has 0 aliphatic carbocycles. The largest absolute Gasteiger partial charge is 0.439 e. The second-order valence-corrected chi connectivity index (χ2v) is 6.89. The number of nitrogens with two attached hydrogens (primary N) is 1.